The third-order valence-electron chi connectivity index (χ3n) is 3.53. The van der Waals surface area contributed by atoms with Gasteiger partial charge in [-0.3, -0.25) is 4.79 Å². The van der Waals surface area contributed by atoms with Crippen molar-refractivity contribution in [2.45, 2.75) is 39.2 Å². The molecule has 0 aliphatic heterocycles. The van der Waals surface area contributed by atoms with Gasteiger partial charge in [-0.05, 0) is 42.9 Å². The summed E-state index contributed by atoms with van der Waals surface area (Å²) in [6, 6.07) is 4.10. The van der Waals surface area contributed by atoms with Crippen molar-refractivity contribution in [1.29, 1.82) is 0 Å². The SMILES string of the molecule is CC1(C)CCC(NC(=O)c2cc(O)ccc2O)C1. The van der Waals surface area contributed by atoms with E-state index in [1.54, 1.807) is 0 Å². The van der Waals surface area contributed by atoms with E-state index in [-0.39, 0.29) is 34.4 Å². The van der Waals surface area contributed by atoms with E-state index in [0.29, 0.717) is 0 Å². The van der Waals surface area contributed by atoms with E-state index >= 15 is 0 Å². The topological polar surface area (TPSA) is 69.6 Å². The molecule has 2 rings (SSSR count). The largest absolute Gasteiger partial charge is 0.508 e. The van der Waals surface area contributed by atoms with Crippen molar-refractivity contribution < 1.29 is 15.0 Å². The number of carbonyl (C=O) groups excluding carboxylic acids is 1. The third-order valence-corrected chi connectivity index (χ3v) is 3.53. The molecular weight excluding hydrogens is 230 g/mol. The highest BCUT2D eigenvalue weighted by Crippen LogP contribution is 2.37. The number of hydrogen-bond donors (Lipinski definition) is 3. The second-order valence-corrected chi connectivity index (χ2v) is 5.78. The summed E-state index contributed by atoms with van der Waals surface area (Å²) in [5.41, 5.74) is 0.387. The first kappa shape index (κ1) is 12.7. The number of carbonyl (C=O) groups is 1. The summed E-state index contributed by atoms with van der Waals surface area (Å²) >= 11 is 0. The Bertz CT molecular complexity index is 468. The minimum Gasteiger partial charge on any atom is -0.508 e. The van der Waals surface area contributed by atoms with Gasteiger partial charge in [-0.1, -0.05) is 13.8 Å². The molecule has 0 spiro atoms. The zero-order chi connectivity index (χ0) is 13.3. The number of aromatic hydroxyl groups is 2. The van der Waals surface area contributed by atoms with Gasteiger partial charge in [0, 0.05) is 6.04 Å². The molecule has 1 saturated carbocycles. The standard InChI is InChI=1S/C14H19NO3/c1-14(2)6-5-9(8-14)15-13(18)11-7-10(16)3-4-12(11)17/h3-4,7,9,16-17H,5-6,8H2,1-2H3,(H,15,18). The summed E-state index contributed by atoms with van der Waals surface area (Å²) in [7, 11) is 0. The monoisotopic (exact) mass is 249 g/mol. The van der Waals surface area contributed by atoms with E-state index in [0.717, 1.165) is 19.3 Å². The van der Waals surface area contributed by atoms with Crippen LogP contribution in [-0.2, 0) is 0 Å². The van der Waals surface area contributed by atoms with E-state index < -0.39 is 0 Å². The van der Waals surface area contributed by atoms with Gasteiger partial charge in [0.2, 0.25) is 0 Å². The van der Waals surface area contributed by atoms with Crippen LogP contribution >= 0.6 is 0 Å². The predicted octanol–water partition coefficient (Wildman–Crippen LogP) is 2.41. The van der Waals surface area contributed by atoms with E-state index in [9.17, 15) is 15.0 Å². The average molecular weight is 249 g/mol. The normalized spacial score (nSPS) is 21.8. The Labute approximate surface area is 107 Å². The second-order valence-electron chi connectivity index (χ2n) is 5.78. The van der Waals surface area contributed by atoms with Crippen LogP contribution in [0.15, 0.2) is 18.2 Å². The van der Waals surface area contributed by atoms with Crippen LogP contribution in [0.1, 0.15) is 43.5 Å². The highest BCUT2D eigenvalue weighted by Gasteiger charge is 2.32. The number of benzene rings is 1. The Morgan fingerprint density at radius 2 is 2.11 bits per heavy atom. The van der Waals surface area contributed by atoms with Crippen LogP contribution in [0.2, 0.25) is 0 Å². The number of hydrogen-bond acceptors (Lipinski definition) is 3. The molecule has 98 valence electrons. The van der Waals surface area contributed by atoms with Gasteiger partial charge in [-0.15, -0.1) is 0 Å². The Morgan fingerprint density at radius 3 is 2.72 bits per heavy atom. The zero-order valence-corrected chi connectivity index (χ0v) is 10.7. The lowest BCUT2D eigenvalue weighted by Crippen LogP contribution is -2.33. The summed E-state index contributed by atoms with van der Waals surface area (Å²) in [6.07, 6.45) is 2.99. The maximum atomic E-state index is 12.0. The molecule has 18 heavy (non-hydrogen) atoms. The quantitative estimate of drug-likeness (QED) is 0.705. The average Bonchev–Trinajstić information content (AvgIpc) is 2.61. The van der Waals surface area contributed by atoms with Crippen LogP contribution in [0.25, 0.3) is 0 Å². The van der Waals surface area contributed by atoms with Crippen LogP contribution in [0.3, 0.4) is 0 Å². The molecule has 1 fully saturated rings. The third kappa shape index (κ3) is 2.75. The first-order valence-corrected chi connectivity index (χ1v) is 6.20. The molecule has 0 bridgehead atoms. The molecule has 0 aromatic heterocycles. The Morgan fingerprint density at radius 1 is 1.39 bits per heavy atom. The lowest BCUT2D eigenvalue weighted by molar-refractivity contribution is 0.0933. The molecule has 0 saturated heterocycles. The number of rotatable bonds is 2. The summed E-state index contributed by atoms with van der Waals surface area (Å²) in [5, 5.41) is 21.9. The van der Waals surface area contributed by atoms with Crippen LogP contribution in [0.4, 0.5) is 0 Å². The molecule has 3 N–H and O–H groups in total. The summed E-state index contributed by atoms with van der Waals surface area (Å²) in [5.74, 6) is -0.460. The maximum Gasteiger partial charge on any atom is 0.255 e. The van der Waals surface area contributed by atoms with Crippen LogP contribution in [0.5, 0.6) is 11.5 Å². The van der Waals surface area contributed by atoms with Gasteiger partial charge in [0.25, 0.3) is 5.91 Å². The van der Waals surface area contributed by atoms with E-state index in [1.807, 2.05) is 0 Å². The molecule has 1 amide bonds. The highest BCUT2D eigenvalue weighted by atomic mass is 16.3. The molecule has 1 aromatic rings. The van der Waals surface area contributed by atoms with Crippen LogP contribution in [0, 0.1) is 5.41 Å². The number of nitrogens with one attached hydrogen (secondary N) is 1. The van der Waals surface area contributed by atoms with Gasteiger partial charge in [-0.2, -0.15) is 0 Å². The first-order valence-electron chi connectivity index (χ1n) is 6.20. The number of phenols is 2. The van der Waals surface area contributed by atoms with Gasteiger partial charge < -0.3 is 15.5 Å². The summed E-state index contributed by atoms with van der Waals surface area (Å²) in [6.45, 7) is 4.37. The molecule has 1 aromatic carbocycles. The van der Waals surface area contributed by atoms with Crippen molar-refractivity contribution in [3.05, 3.63) is 23.8 Å². The van der Waals surface area contributed by atoms with Crippen molar-refractivity contribution in [1.82, 2.24) is 5.32 Å². The number of amides is 1. The highest BCUT2D eigenvalue weighted by molar-refractivity contribution is 5.97. The van der Waals surface area contributed by atoms with Gasteiger partial charge in [-0.25, -0.2) is 0 Å². The van der Waals surface area contributed by atoms with E-state index in [2.05, 4.69) is 19.2 Å². The lowest BCUT2D eigenvalue weighted by atomic mass is 9.92. The van der Waals surface area contributed by atoms with Gasteiger partial charge >= 0.3 is 0 Å². The van der Waals surface area contributed by atoms with Crippen molar-refractivity contribution in [3.63, 3.8) is 0 Å². The molecule has 1 unspecified atom stereocenters. The van der Waals surface area contributed by atoms with E-state index in [4.69, 9.17) is 0 Å². The molecular formula is C14H19NO3. The molecule has 1 aliphatic rings. The molecule has 4 nitrogen and oxygen atoms in total. The minimum absolute atomic E-state index is 0.0234. The predicted molar refractivity (Wildman–Crippen MR) is 68.7 cm³/mol. The summed E-state index contributed by atoms with van der Waals surface area (Å²) < 4.78 is 0. The molecule has 0 radical (unpaired) electrons. The van der Waals surface area contributed by atoms with Gasteiger partial charge in [0.15, 0.2) is 0 Å². The first-order chi connectivity index (χ1) is 8.37. The van der Waals surface area contributed by atoms with Gasteiger partial charge in [0.1, 0.15) is 11.5 Å². The van der Waals surface area contributed by atoms with Crippen molar-refractivity contribution in [2.24, 2.45) is 5.41 Å². The fourth-order valence-corrected chi connectivity index (χ4v) is 2.53. The van der Waals surface area contributed by atoms with Crippen molar-refractivity contribution in [3.8, 4) is 11.5 Å². The molecule has 1 atom stereocenters. The molecule has 0 heterocycles. The van der Waals surface area contributed by atoms with Crippen LogP contribution < -0.4 is 5.32 Å². The number of phenolic OH excluding ortho intramolecular Hbond substituents is 2. The molecule has 1 aliphatic carbocycles. The molecule has 4 heteroatoms. The maximum absolute atomic E-state index is 12.0. The zero-order valence-electron chi connectivity index (χ0n) is 10.7. The Kier molecular flexibility index (Phi) is 3.20. The van der Waals surface area contributed by atoms with Crippen LogP contribution in [-0.4, -0.2) is 22.2 Å². The van der Waals surface area contributed by atoms with E-state index in [1.165, 1.54) is 18.2 Å². The lowest BCUT2D eigenvalue weighted by Gasteiger charge is -2.18. The fraction of sp³-hybridized carbons (Fsp3) is 0.500. The smallest absolute Gasteiger partial charge is 0.255 e. The van der Waals surface area contributed by atoms with Gasteiger partial charge in [0.05, 0.1) is 5.56 Å². The Hall–Kier alpha value is -1.71. The second kappa shape index (κ2) is 4.52. The van der Waals surface area contributed by atoms with Crippen molar-refractivity contribution >= 4 is 5.91 Å². The Balaban J connectivity index is 2.06. The fourth-order valence-electron chi connectivity index (χ4n) is 2.53. The summed E-state index contributed by atoms with van der Waals surface area (Å²) in [4.78, 5) is 12.0. The van der Waals surface area contributed by atoms with Crippen molar-refractivity contribution in [2.75, 3.05) is 0 Å². The minimum atomic E-state index is -0.328.